The Hall–Kier alpha value is -4.12. The maximum Gasteiger partial charge on any atom is 0.0633 e. The van der Waals surface area contributed by atoms with E-state index in [1.165, 1.54) is 50.2 Å². The first kappa shape index (κ1) is 66.5. The zero-order valence-electron chi connectivity index (χ0n) is 47.7. The van der Waals surface area contributed by atoms with Crippen LogP contribution in [0.4, 0.5) is 0 Å². The van der Waals surface area contributed by atoms with Crippen LogP contribution in [-0.4, -0.2) is 24.7 Å². The predicted molar refractivity (Wildman–Crippen MR) is 290 cm³/mol. The summed E-state index contributed by atoms with van der Waals surface area (Å²) >= 11 is 0. The van der Waals surface area contributed by atoms with Gasteiger partial charge in [-0.25, -0.2) is 0 Å². The van der Waals surface area contributed by atoms with Crippen LogP contribution in [0.15, 0.2) is 79.5 Å². The molecule has 5 nitrogen and oxygen atoms in total. The number of rotatable bonds is 0. The lowest BCUT2D eigenvalue weighted by Gasteiger charge is -2.21. The van der Waals surface area contributed by atoms with E-state index in [1.54, 1.807) is 0 Å². The Kier molecular flexibility index (Phi) is 32.9. The molecule has 0 radical (unpaired) electrons. The van der Waals surface area contributed by atoms with Crippen LogP contribution in [0.5, 0.6) is 0 Å². The van der Waals surface area contributed by atoms with Gasteiger partial charge in [0, 0.05) is 55.0 Å². The van der Waals surface area contributed by atoms with Gasteiger partial charge in [-0.2, -0.15) is 5.10 Å². The molecule has 4 aromatic heterocycles. The van der Waals surface area contributed by atoms with Crippen molar-refractivity contribution >= 4 is 0 Å². The van der Waals surface area contributed by atoms with Crippen LogP contribution in [0.2, 0.25) is 0 Å². The third kappa shape index (κ3) is 25.4. The summed E-state index contributed by atoms with van der Waals surface area (Å²) in [6, 6.07) is 16.8. The van der Waals surface area contributed by atoms with Crippen LogP contribution in [0.1, 0.15) is 221 Å². The average Bonchev–Trinajstić information content (AvgIpc) is 3.48. The zero-order chi connectivity index (χ0) is 51.4. The van der Waals surface area contributed by atoms with E-state index in [-0.39, 0.29) is 27.1 Å². The molecular weight excluding hydrogens is 779 g/mol. The van der Waals surface area contributed by atoms with Crippen LogP contribution in [-0.2, 0) is 34.1 Å². The third-order valence-electron chi connectivity index (χ3n) is 9.70. The van der Waals surface area contributed by atoms with Gasteiger partial charge in [-0.3, -0.25) is 19.6 Å². The summed E-state index contributed by atoms with van der Waals surface area (Å²) < 4.78 is 1.95. The first-order chi connectivity index (χ1) is 29.4. The van der Waals surface area contributed by atoms with Crippen molar-refractivity contribution in [3.05, 3.63) is 141 Å². The average molecular weight is 883 g/mol. The molecule has 0 spiro atoms. The Labute approximate surface area is 399 Å². The topological polar surface area (TPSA) is 56.5 Å². The molecule has 0 amide bonds. The standard InChI is InChI=1S/C11H16.C10H18N2.3C10H15N.4C2H6/c1-9-7-5-6-8-10(9)11(2,3)4;1-7-9(10(3,4)5)8(2)12(6)11-7;1-8-7-11-6-5-9(8)10(2,3)4;1-8-5-6-11-7-9(8)10(2,3)4;1-8-9(10(2,3)4)6-5-7-11-8;4*1-2/h5-8H,1-4H3;1-6H3;3*5-7H,1-4H3;4*1-2H3. The highest BCUT2D eigenvalue weighted by atomic mass is 15.3. The molecular formula is C59H103N5. The highest BCUT2D eigenvalue weighted by Gasteiger charge is 2.22. The molecule has 5 aromatic rings. The number of aryl methyl sites for hydroxylation is 6. The minimum atomic E-state index is 0.211. The van der Waals surface area contributed by atoms with Gasteiger partial charge in [0.05, 0.1) is 5.69 Å². The van der Waals surface area contributed by atoms with E-state index >= 15 is 0 Å². The third-order valence-corrected chi connectivity index (χ3v) is 9.70. The van der Waals surface area contributed by atoms with Crippen LogP contribution in [0.3, 0.4) is 0 Å². The number of hydrogen-bond donors (Lipinski definition) is 0. The fraction of sp³-hybridized carbons (Fsp3) is 0.593. The molecule has 4 heterocycles. The molecule has 0 aliphatic heterocycles. The summed E-state index contributed by atoms with van der Waals surface area (Å²) in [6.07, 6.45) is 9.40. The van der Waals surface area contributed by atoms with Crippen LogP contribution < -0.4 is 0 Å². The monoisotopic (exact) mass is 882 g/mol. The molecule has 0 saturated heterocycles. The highest BCUT2D eigenvalue weighted by Crippen LogP contribution is 2.29. The Balaban J connectivity index is -0.000000338. The first-order valence-corrected chi connectivity index (χ1v) is 24.2. The Morgan fingerprint density at radius 2 is 0.766 bits per heavy atom. The fourth-order valence-electron chi connectivity index (χ4n) is 7.11. The van der Waals surface area contributed by atoms with Gasteiger partial charge >= 0.3 is 0 Å². The molecule has 0 aliphatic rings. The van der Waals surface area contributed by atoms with Crippen molar-refractivity contribution in [1.29, 1.82) is 0 Å². The minimum Gasteiger partial charge on any atom is -0.272 e. The molecule has 0 N–H and O–H groups in total. The Morgan fingerprint density at radius 3 is 1.05 bits per heavy atom. The number of benzene rings is 1. The fourth-order valence-corrected chi connectivity index (χ4v) is 7.11. The Morgan fingerprint density at radius 1 is 0.375 bits per heavy atom. The molecule has 0 bridgehead atoms. The number of hydrogen-bond acceptors (Lipinski definition) is 4. The van der Waals surface area contributed by atoms with Gasteiger partial charge in [0.25, 0.3) is 0 Å². The van der Waals surface area contributed by atoms with Crippen LogP contribution in [0.25, 0.3) is 0 Å². The molecule has 1 aromatic carbocycles. The molecule has 5 rings (SSSR count). The smallest absolute Gasteiger partial charge is 0.0633 e. The minimum absolute atomic E-state index is 0.211. The quantitative estimate of drug-likeness (QED) is 0.155. The van der Waals surface area contributed by atoms with E-state index in [4.69, 9.17) is 0 Å². The number of aromatic nitrogens is 5. The SMILES string of the molecule is CC.CC.CC.CC.Cc1ccccc1C(C)(C)C.Cc1ccncc1C(C)(C)C.Cc1cnccc1C(C)(C)C.Cc1ncccc1C(C)(C)C.Cc1nn(C)c(C)c1C(C)(C)C. The lowest BCUT2D eigenvalue weighted by atomic mass is 9.84. The van der Waals surface area contributed by atoms with Gasteiger partial charge in [0.15, 0.2) is 0 Å². The maximum atomic E-state index is 4.39. The van der Waals surface area contributed by atoms with Crippen molar-refractivity contribution in [3.8, 4) is 0 Å². The van der Waals surface area contributed by atoms with Crippen molar-refractivity contribution < 1.29 is 0 Å². The zero-order valence-corrected chi connectivity index (χ0v) is 47.7. The molecule has 0 atom stereocenters. The largest absolute Gasteiger partial charge is 0.272 e. The summed E-state index contributed by atoms with van der Waals surface area (Å²) in [4.78, 5) is 12.4. The first-order valence-electron chi connectivity index (χ1n) is 24.2. The van der Waals surface area contributed by atoms with Crippen molar-refractivity contribution in [2.45, 2.75) is 228 Å². The van der Waals surface area contributed by atoms with Crippen molar-refractivity contribution in [3.63, 3.8) is 0 Å². The maximum absolute atomic E-state index is 4.39. The van der Waals surface area contributed by atoms with Crippen LogP contribution in [0, 0.1) is 41.5 Å². The second-order valence-corrected chi connectivity index (χ2v) is 20.3. The van der Waals surface area contributed by atoms with Crippen LogP contribution >= 0.6 is 0 Å². The normalized spacial score (nSPS) is 10.7. The molecule has 0 unspecified atom stereocenters. The van der Waals surface area contributed by atoms with E-state index in [9.17, 15) is 0 Å². The highest BCUT2D eigenvalue weighted by molar-refractivity contribution is 5.33. The Bertz CT molecular complexity index is 1710. The van der Waals surface area contributed by atoms with E-state index in [0.717, 1.165) is 11.4 Å². The molecule has 364 valence electrons. The van der Waals surface area contributed by atoms with Crippen molar-refractivity contribution in [2.24, 2.45) is 7.05 Å². The van der Waals surface area contributed by atoms with Crippen molar-refractivity contribution in [2.75, 3.05) is 0 Å². The summed E-state index contributed by atoms with van der Waals surface area (Å²) in [5, 5.41) is 4.39. The van der Waals surface area contributed by atoms with Gasteiger partial charge in [-0.1, -0.05) is 190 Å². The van der Waals surface area contributed by atoms with Gasteiger partial charge in [0.2, 0.25) is 0 Å². The summed E-state index contributed by atoms with van der Waals surface area (Å²) in [5.74, 6) is 0. The van der Waals surface area contributed by atoms with Gasteiger partial charge < -0.3 is 0 Å². The van der Waals surface area contributed by atoms with Crippen molar-refractivity contribution in [1.82, 2.24) is 24.7 Å². The summed E-state index contributed by atoms with van der Waals surface area (Å²) in [5.41, 5.74) is 15.6. The van der Waals surface area contributed by atoms with Gasteiger partial charge in [-0.15, -0.1) is 0 Å². The van der Waals surface area contributed by atoms with Gasteiger partial charge in [0.1, 0.15) is 0 Å². The molecule has 0 fully saturated rings. The molecule has 0 saturated carbocycles. The lowest BCUT2D eigenvalue weighted by Crippen LogP contribution is -2.13. The van der Waals surface area contributed by atoms with E-state index in [2.05, 4.69) is 208 Å². The number of pyridine rings is 3. The summed E-state index contributed by atoms with van der Waals surface area (Å²) in [6.45, 7) is 62.0. The number of nitrogens with zero attached hydrogens (tertiary/aromatic N) is 5. The molecule has 64 heavy (non-hydrogen) atoms. The summed E-state index contributed by atoms with van der Waals surface area (Å²) in [7, 11) is 2.00. The predicted octanol–water partition coefficient (Wildman–Crippen LogP) is 17.8. The second kappa shape index (κ2) is 31.7. The van der Waals surface area contributed by atoms with E-state index in [0.29, 0.717) is 0 Å². The van der Waals surface area contributed by atoms with Gasteiger partial charge in [-0.05, 0) is 126 Å². The van der Waals surface area contributed by atoms with E-state index in [1.807, 2.05) is 104 Å². The second-order valence-electron chi connectivity index (χ2n) is 20.3. The lowest BCUT2D eigenvalue weighted by molar-refractivity contribution is 0.580. The molecule has 5 heteroatoms. The van der Waals surface area contributed by atoms with E-state index < -0.39 is 0 Å². The molecule has 0 aliphatic carbocycles.